The lowest BCUT2D eigenvalue weighted by molar-refractivity contribution is 0.498. The first kappa shape index (κ1) is 14.8. The number of nitrogens with two attached hydrogens (primary N) is 1. The zero-order valence-electron chi connectivity index (χ0n) is 12.9. The van der Waals surface area contributed by atoms with Crippen LogP contribution in [-0.2, 0) is 0 Å². The summed E-state index contributed by atoms with van der Waals surface area (Å²) in [5.41, 5.74) is 9.87. The molecular weight excluding hydrogens is 246 g/mol. The van der Waals surface area contributed by atoms with Crippen LogP contribution in [0.25, 0.3) is 5.69 Å². The minimum absolute atomic E-state index is 0.0280. The normalized spacial score (nSPS) is 13.2. The van der Waals surface area contributed by atoms with Gasteiger partial charge in [-0.3, -0.25) is 0 Å². The van der Waals surface area contributed by atoms with Gasteiger partial charge in [0.05, 0.1) is 18.2 Å². The van der Waals surface area contributed by atoms with Crippen molar-refractivity contribution in [2.45, 2.75) is 46.1 Å². The minimum Gasteiger partial charge on any atom is -0.323 e. The molecule has 0 aliphatic heterocycles. The largest absolute Gasteiger partial charge is 0.323 e. The van der Waals surface area contributed by atoms with Gasteiger partial charge in [0.2, 0.25) is 0 Å². The third-order valence-electron chi connectivity index (χ3n) is 3.59. The van der Waals surface area contributed by atoms with E-state index in [1.807, 2.05) is 12.5 Å². The molecule has 2 N–H and O–H groups in total. The van der Waals surface area contributed by atoms with E-state index in [4.69, 9.17) is 5.73 Å². The van der Waals surface area contributed by atoms with Crippen LogP contribution >= 0.6 is 0 Å². The standard InChI is InChI=1S/C17H25N3/c1-12(2)8-16(18)17-10-19-11-20(17)15-7-5-6-14(9-15)13(3)4/h5-7,9-13,16H,8,18H2,1-4H3. The van der Waals surface area contributed by atoms with Gasteiger partial charge in [0.1, 0.15) is 0 Å². The zero-order chi connectivity index (χ0) is 14.7. The summed E-state index contributed by atoms with van der Waals surface area (Å²) < 4.78 is 2.11. The number of hydrogen-bond donors (Lipinski definition) is 1. The third-order valence-corrected chi connectivity index (χ3v) is 3.59. The Morgan fingerprint density at radius 3 is 2.60 bits per heavy atom. The van der Waals surface area contributed by atoms with Gasteiger partial charge in [0, 0.05) is 11.7 Å². The van der Waals surface area contributed by atoms with Crippen molar-refractivity contribution in [2.24, 2.45) is 11.7 Å². The van der Waals surface area contributed by atoms with E-state index in [1.165, 1.54) is 5.56 Å². The lowest BCUT2D eigenvalue weighted by Gasteiger charge is -2.17. The zero-order valence-corrected chi connectivity index (χ0v) is 12.9. The highest BCUT2D eigenvalue weighted by Gasteiger charge is 2.14. The van der Waals surface area contributed by atoms with Crippen LogP contribution in [0.5, 0.6) is 0 Å². The maximum atomic E-state index is 6.32. The highest BCUT2D eigenvalue weighted by molar-refractivity contribution is 5.39. The second-order valence-corrected chi connectivity index (χ2v) is 6.17. The summed E-state index contributed by atoms with van der Waals surface area (Å²) in [5, 5.41) is 0. The molecule has 108 valence electrons. The molecule has 0 bridgehead atoms. The van der Waals surface area contributed by atoms with Crippen molar-refractivity contribution in [1.82, 2.24) is 9.55 Å². The molecule has 2 rings (SSSR count). The van der Waals surface area contributed by atoms with Crippen LogP contribution in [0.3, 0.4) is 0 Å². The second-order valence-electron chi connectivity index (χ2n) is 6.17. The first-order chi connectivity index (χ1) is 9.49. The van der Waals surface area contributed by atoms with Gasteiger partial charge in [-0.2, -0.15) is 0 Å². The Labute approximate surface area is 121 Å². The quantitative estimate of drug-likeness (QED) is 0.891. The predicted octanol–water partition coefficient (Wildman–Crippen LogP) is 4.04. The monoisotopic (exact) mass is 271 g/mol. The molecule has 0 aliphatic carbocycles. The van der Waals surface area contributed by atoms with E-state index < -0.39 is 0 Å². The van der Waals surface area contributed by atoms with Gasteiger partial charge in [-0.05, 0) is 36.0 Å². The number of benzene rings is 1. The Hall–Kier alpha value is -1.61. The smallest absolute Gasteiger partial charge is 0.0994 e. The molecule has 1 atom stereocenters. The van der Waals surface area contributed by atoms with E-state index in [9.17, 15) is 0 Å². The molecule has 1 heterocycles. The topological polar surface area (TPSA) is 43.8 Å². The van der Waals surface area contributed by atoms with Crippen molar-refractivity contribution in [1.29, 1.82) is 0 Å². The van der Waals surface area contributed by atoms with Crippen molar-refractivity contribution in [3.8, 4) is 5.69 Å². The average molecular weight is 271 g/mol. The van der Waals surface area contributed by atoms with E-state index >= 15 is 0 Å². The highest BCUT2D eigenvalue weighted by Crippen LogP contribution is 2.23. The molecule has 3 nitrogen and oxygen atoms in total. The Kier molecular flexibility index (Phi) is 4.61. The maximum absolute atomic E-state index is 6.32. The van der Waals surface area contributed by atoms with E-state index in [0.717, 1.165) is 17.8 Å². The van der Waals surface area contributed by atoms with Gasteiger partial charge in [0.15, 0.2) is 0 Å². The highest BCUT2D eigenvalue weighted by atomic mass is 15.1. The van der Waals surface area contributed by atoms with E-state index in [2.05, 4.69) is 61.5 Å². The summed E-state index contributed by atoms with van der Waals surface area (Å²) in [5.74, 6) is 1.10. The van der Waals surface area contributed by atoms with Crippen LogP contribution in [-0.4, -0.2) is 9.55 Å². The van der Waals surface area contributed by atoms with E-state index in [-0.39, 0.29) is 6.04 Å². The number of aromatic nitrogens is 2. The van der Waals surface area contributed by atoms with Gasteiger partial charge >= 0.3 is 0 Å². The first-order valence-corrected chi connectivity index (χ1v) is 7.37. The van der Waals surface area contributed by atoms with Gasteiger partial charge in [-0.15, -0.1) is 0 Å². The summed E-state index contributed by atoms with van der Waals surface area (Å²) in [6.45, 7) is 8.80. The van der Waals surface area contributed by atoms with Crippen molar-refractivity contribution in [2.75, 3.05) is 0 Å². The summed E-state index contributed by atoms with van der Waals surface area (Å²) in [7, 11) is 0. The fourth-order valence-corrected chi connectivity index (χ4v) is 2.46. The van der Waals surface area contributed by atoms with Crippen LogP contribution in [0, 0.1) is 5.92 Å². The molecule has 0 saturated carbocycles. The van der Waals surface area contributed by atoms with Crippen molar-refractivity contribution in [3.63, 3.8) is 0 Å². The van der Waals surface area contributed by atoms with Gasteiger partial charge in [-0.1, -0.05) is 39.8 Å². The fraction of sp³-hybridized carbons (Fsp3) is 0.471. The molecule has 0 radical (unpaired) electrons. The van der Waals surface area contributed by atoms with Gasteiger partial charge in [-0.25, -0.2) is 4.98 Å². The molecular formula is C17H25N3. The van der Waals surface area contributed by atoms with E-state index in [0.29, 0.717) is 11.8 Å². The first-order valence-electron chi connectivity index (χ1n) is 7.37. The van der Waals surface area contributed by atoms with Gasteiger partial charge < -0.3 is 10.3 Å². The molecule has 0 saturated heterocycles. The summed E-state index contributed by atoms with van der Waals surface area (Å²) in [4.78, 5) is 4.28. The predicted molar refractivity (Wildman–Crippen MR) is 84.0 cm³/mol. The number of hydrogen-bond acceptors (Lipinski definition) is 2. The minimum atomic E-state index is 0.0280. The molecule has 0 aliphatic rings. The fourth-order valence-electron chi connectivity index (χ4n) is 2.46. The molecule has 0 amide bonds. The summed E-state index contributed by atoms with van der Waals surface area (Å²) in [6, 6.07) is 8.62. The molecule has 0 fully saturated rings. The Balaban J connectivity index is 2.34. The average Bonchev–Trinajstić information content (AvgIpc) is 2.87. The number of rotatable bonds is 5. The third kappa shape index (κ3) is 3.28. The summed E-state index contributed by atoms with van der Waals surface area (Å²) in [6.07, 6.45) is 4.71. The van der Waals surface area contributed by atoms with Crippen LogP contribution in [0.15, 0.2) is 36.8 Å². The second kappa shape index (κ2) is 6.23. The number of imidazole rings is 1. The van der Waals surface area contributed by atoms with Crippen LogP contribution in [0.1, 0.15) is 57.3 Å². The SMILES string of the molecule is CC(C)CC(N)c1cncn1-c1cccc(C(C)C)c1. The van der Waals surface area contributed by atoms with Crippen molar-refractivity contribution < 1.29 is 0 Å². The molecule has 0 spiro atoms. The Morgan fingerprint density at radius 1 is 1.20 bits per heavy atom. The Morgan fingerprint density at radius 2 is 1.95 bits per heavy atom. The van der Waals surface area contributed by atoms with Crippen molar-refractivity contribution in [3.05, 3.63) is 48.0 Å². The van der Waals surface area contributed by atoms with Crippen LogP contribution in [0.4, 0.5) is 0 Å². The molecule has 1 aromatic carbocycles. The lowest BCUT2D eigenvalue weighted by atomic mass is 10.0. The van der Waals surface area contributed by atoms with Crippen LogP contribution in [0.2, 0.25) is 0 Å². The molecule has 1 unspecified atom stereocenters. The Bertz CT molecular complexity index is 555. The van der Waals surface area contributed by atoms with Crippen molar-refractivity contribution >= 4 is 0 Å². The molecule has 1 aromatic heterocycles. The lowest BCUT2D eigenvalue weighted by Crippen LogP contribution is -2.16. The van der Waals surface area contributed by atoms with Crippen LogP contribution < -0.4 is 5.73 Å². The molecule has 3 heteroatoms. The molecule has 20 heavy (non-hydrogen) atoms. The molecule has 2 aromatic rings. The summed E-state index contributed by atoms with van der Waals surface area (Å²) >= 11 is 0. The number of nitrogens with zero attached hydrogens (tertiary/aromatic N) is 2. The van der Waals surface area contributed by atoms with Gasteiger partial charge in [0.25, 0.3) is 0 Å². The maximum Gasteiger partial charge on any atom is 0.0994 e. The van der Waals surface area contributed by atoms with E-state index in [1.54, 1.807) is 0 Å².